The predicted molar refractivity (Wildman–Crippen MR) is 124 cm³/mol. The highest BCUT2D eigenvalue weighted by Crippen LogP contribution is 2.24. The van der Waals surface area contributed by atoms with Crippen molar-refractivity contribution in [3.63, 3.8) is 0 Å². The van der Waals surface area contributed by atoms with Crippen molar-refractivity contribution >= 4 is 17.9 Å². The molecule has 3 N–H and O–H groups in total. The zero-order chi connectivity index (χ0) is 24.2. The summed E-state index contributed by atoms with van der Waals surface area (Å²) in [4.78, 5) is 40.3. The van der Waals surface area contributed by atoms with Gasteiger partial charge in [0.2, 0.25) is 5.91 Å². The number of aryl methyl sites for hydroxylation is 1. The first-order chi connectivity index (χ1) is 15.6. The fraction of sp³-hybridized carbons (Fsp3) is 0.739. The molecule has 184 valence electrons. The van der Waals surface area contributed by atoms with Gasteiger partial charge in [-0.25, -0.2) is 4.79 Å². The Balaban J connectivity index is 1.68. The molecule has 33 heavy (non-hydrogen) atoms. The first-order valence-corrected chi connectivity index (χ1v) is 11.9. The quantitative estimate of drug-likeness (QED) is 0.607. The van der Waals surface area contributed by atoms with Gasteiger partial charge in [-0.05, 0) is 51.8 Å². The number of hydrogen-bond donors (Lipinski definition) is 3. The second-order valence-electron chi connectivity index (χ2n) is 10.0. The van der Waals surface area contributed by atoms with Crippen LogP contribution >= 0.6 is 0 Å². The lowest BCUT2D eigenvalue weighted by atomic mass is 9.86. The fourth-order valence-corrected chi connectivity index (χ4v) is 4.33. The number of likely N-dealkylation sites (tertiary alicyclic amines) is 1. The average molecular weight is 463 g/mol. The van der Waals surface area contributed by atoms with E-state index in [1.807, 2.05) is 20.8 Å². The minimum atomic E-state index is -0.979. The highest BCUT2D eigenvalue weighted by Gasteiger charge is 2.42. The van der Waals surface area contributed by atoms with Crippen molar-refractivity contribution in [2.24, 2.45) is 7.05 Å². The van der Waals surface area contributed by atoms with Crippen LogP contribution in [-0.4, -0.2) is 77.0 Å². The second-order valence-corrected chi connectivity index (χ2v) is 10.0. The van der Waals surface area contributed by atoms with Crippen molar-refractivity contribution in [3.8, 4) is 0 Å². The molecule has 1 aromatic heterocycles. The Kier molecular flexibility index (Phi) is 7.66. The van der Waals surface area contributed by atoms with E-state index in [9.17, 15) is 14.4 Å². The van der Waals surface area contributed by atoms with Gasteiger partial charge in [0.1, 0.15) is 11.2 Å². The molecule has 10 nitrogen and oxygen atoms in total. The number of amides is 3. The third-order valence-electron chi connectivity index (χ3n) is 6.48. The lowest BCUT2D eigenvalue weighted by Gasteiger charge is -2.39. The molecule has 2 saturated heterocycles. The van der Waals surface area contributed by atoms with Gasteiger partial charge in [0, 0.05) is 31.6 Å². The summed E-state index contributed by atoms with van der Waals surface area (Å²) in [5, 5.41) is 14.0. The van der Waals surface area contributed by atoms with Crippen LogP contribution in [0.5, 0.6) is 0 Å². The van der Waals surface area contributed by atoms with Crippen LogP contribution in [0.1, 0.15) is 69.6 Å². The summed E-state index contributed by atoms with van der Waals surface area (Å²) >= 11 is 0. The summed E-state index contributed by atoms with van der Waals surface area (Å²) < 4.78 is 6.64. The van der Waals surface area contributed by atoms with Crippen molar-refractivity contribution in [3.05, 3.63) is 17.5 Å². The summed E-state index contributed by atoms with van der Waals surface area (Å²) in [6.45, 7) is 10.6. The van der Waals surface area contributed by atoms with Crippen molar-refractivity contribution in [2.45, 2.75) is 70.4 Å². The van der Waals surface area contributed by atoms with Gasteiger partial charge < -0.3 is 25.6 Å². The Morgan fingerprint density at radius 1 is 1.21 bits per heavy atom. The number of nitrogens with one attached hydrogen (secondary N) is 3. The molecule has 0 spiro atoms. The summed E-state index contributed by atoms with van der Waals surface area (Å²) in [6.07, 6.45) is 2.02. The van der Waals surface area contributed by atoms with E-state index in [4.69, 9.17) is 4.74 Å². The van der Waals surface area contributed by atoms with Crippen molar-refractivity contribution in [1.82, 2.24) is 30.6 Å². The molecule has 0 atom stereocenters. The van der Waals surface area contributed by atoms with Gasteiger partial charge in [-0.1, -0.05) is 20.8 Å². The third-order valence-corrected chi connectivity index (χ3v) is 6.48. The standard InChI is InChI=1S/C23H38N6O4/c1-6-33-21(32)29-13-7-16(8-14-29)25-20(31)23(9-11-24-12-10-23)26-19(30)17-15-18(22(2,3)4)27-28(17)5/h15-16,24H,6-14H2,1-5H3,(H,25,31)(H,26,30). The normalized spacial score (nSPS) is 19.1. The molecule has 3 amide bonds. The van der Waals surface area contributed by atoms with E-state index in [2.05, 4.69) is 21.0 Å². The Bertz CT molecular complexity index is 861. The van der Waals surface area contributed by atoms with E-state index >= 15 is 0 Å². The lowest BCUT2D eigenvalue weighted by molar-refractivity contribution is -0.129. The number of carbonyl (C=O) groups is 3. The van der Waals surface area contributed by atoms with Gasteiger partial charge in [0.25, 0.3) is 5.91 Å². The molecule has 2 fully saturated rings. The zero-order valence-electron chi connectivity index (χ0n) is 20.5. The lowest BCUT2D eigenvalue weighted by Crippen LogP contribution is -2.64. The molecule has 0 aromatic carbocycles. The van der Waals surface area contributed by atoms with Crippen molar-refractivity contribution in [1.29, 1.82) is 0 Å². The van der Waals surface area contributed by atoms with Crippen LogP contribution in [0.3, 0.4) is 0 Å². The number of aromatic nitrogens is 2. The third kappa shape index (κ3) is 5.85. The molecule has 0 aliphatic carbocycles. The monoisotopic (exact) mass is 462 g/mol. The van der Waals surface area contributed by atoms with E-state index in [0.717, 1.165) is 5.69 Å². The molecule has 3 rings (SSSR count). The molecule has 0 bridgehead atoms. The zero-order valence-corrected chi connectivity index (χ0v) is 20.5. The van der Waals surface area contributed by atoms with E-state index < -0.39 is 5.54 Å². The molecule has 1 aromatic rings. The molecule has 0 unspecified atom stereocenters. The predicted octanol–water partition coefficient (Wildman–Crippen LogP) is 1.31. The van der Waals surface area contributed by atoms with Crippen LogP contribution in [0.2, 0.25) is 0 Å². The number of rotatable bonds is 5. The van der Waals surface area contributed by atoms with Gasteiger partial charge in [-0.15, -0.1) is 0 Å². The maximum absolute atomic E-state index is 13.4. The van der Waals surface area contributed by atoms with Crippen molar-refractivity contribution in [2.75, 3.05) is 32.8 Å². The second kappa shape index (κ2) is 10.1. The first kappa shape index (κ1) is 25.0. The number of ether oxygens (including phenoxy) is 1. The molecule has 10 heteroatoms. The van der Waals surface area contributed by atoms with E-state index in [-0.39, 0.29) is 29.4 Å². The van der Waals surface area contributed by atoms with Gasteiger partial charge in [-0.3, -0.25) is 14.3 Å². The van der Waals surface area contributed by atoms with Crippen LogP contribution in [-0.2, 0) is 22.0 Å². The SMILES string of the molecule is CCOC(=O)N1CCC(NC(=O)C2(NC(=O)c3cc(C(C)(C)C)nn3C)CCNCC2)CC1. The highest BCUT2D eigenvalue weighted by molar-refractivity contribution is 5.98. The molecular weight excluding hydrogens is 424 g/mol. The summed E-state index contributed by atoms with van der Waals surface area (Å²) in [6, 6.07) is 1.75. The van der Waals surface area contributed by atoms with E-state index in [1.165, 1.54) is 0 Å². The molecule has 2 aliphatic heterocycles. The Labute approximate surface area is 195 Å². The average Bonchev–Trinajstić information content (AvgIpc) is 3.17. The highest BCUT2D eigenvalue weighted by atomic mass is 16.6. The van der Waals surface area contributed by atoms with Gasteiger partial charge in [0.15, 0.2) is 0 Å². The molecular formula is C23H38N6O4. The summed E-state index contributed by atoms with van der Waals surface area (Å²) in [5.74, 6) is -0.458. The van der Waals surface area contributed by atoms with Gasteiger partial charge in [-0.2, -0.15) is 5.10 Å². The number of carbonyl (C=O) groups excluding carboxylic acids is 3. The Morgan fingerprint density at radius 3 is 2.39 bits per heavy atom. The summed E-state index contributed by atoms with van der Waals surface area (Å²) in [5.41, 5.74) is 0.103. The van der Waals surface area contributed by atoms with Crippen LogP contribution < -0.4 is 16.0 Å². The Morgan fingerprint density at radius 2 is 1.85 bits per heavy atom. The number of nitrogens with zero attached hydrogens (tertiary/aromatic N) is 3. The summed E-state index contributed by atoms with van der Waals surface area (Å²) in [7, 11) is 1.75. The minimum Gasteiger partial charge on any atom is -0.450 e. The maximum Gasteiger partial charge on any atom is 0.409 e. The van der Waals surface area contributed by atoms with Crippen LogP contribution in [0.15, 0.2) is 6.07 Å². The molecule has 3 heterocycles. The fourth-order valence-electron chi connectivity index (χ4n) is 4.33. The smallest absolute Gasteiger partial charge is 0.409 e. The van der Waals surface area contributed by atoms with Crippen molar-refractivity contribution < 1.29 is 19.1 Å². The largest absolute Gasteiger partial charge is 0.450 e. The van der Waals surface area contributed by atoms with Gasteiger partial charge >= 0.3 is 6.09 Å². The number of piperidine rings is 2. The van der Waals surface area contributed by atoms with E-state index in [0.29, 0.717) is 64.2 Å². The van der Waals surface area contributed by atoms with E-state index in [1.54, 1.807) is 29.6 Å². The molecule has 0 radical (unpaired) electrons. The van der Waals surface area contributed by atoms with Gasteiger partial charge in [0.05, 0.1) is 12.3 Å². The van der Waals surface area contributed by atoms with Crippen LogP contribution in [0, 0.1) is 0 Å². The van der Waals surface area contributed by atoms with Crippen LogP contribution in [0.25, 0.3) is 0 Å². The number of hydrogen-bond acceptors (Lipinski definition) is 6. The molecule has 0 saturated carbocycles. The molecule has 2 aliphatic rings. The first-order valence-electron chi connectivity index (χ1n) is 11.9. The minimum absolute atomic E-state index is 0.0453. The van der Waals surface area contributed by atoms with Crippen LogP contribution in [0.4, 0.5) is 4.79 Å². The topological polar surface area (TPSA) is 118 Å². The maximum atomic E-state index is 13.4. The Hall–Kier alpha value is -2.62.